The molecule has 1 aliphatic heterocycles. The number of phenolic OH excluding ortho intramolecular Hbond substituents is 1. The largest absolute Gasteiger partial charge is 0.508 e. The maximum Gasteiger partial charge on any atom is 0.410 e. The molecule has 2 rings (SSSR count). The minimum absolute atomic E-state index is 0.160. The predicted molar refractivity (Wildman–Crippen MR) is 82.5 cm³/mol. The van der Waals surface area contributed by atoms with E-state index in [9.17, 15) is 9.90 Å². The van der Waals surface area contributed by atoms with Crippen LogP contribution in [0.15, 0.2) is 24.3 Å². The Morgan fingerprint density at radius 2 is 1.90 bits per heavy atom. The molecule has 1 aliphatic rings. The van der Waals surface area contributed by atoms with E-state index in [1.165, 1.54) is 5.56 Å². The Morgan fingerprint density at radius 3 is 2.43 bits per heavy atom. The summed E-state index contributed by atoms with van der Waals surface area (Å²) in [5.74, 6) is 0.720. The summed E-state index contributed by atoms with van der Waals surface area (Å²) in [4.78, 5) is 14.0. The third-order valence-electron chi connectivity index (χ3n) is 3.87. The van der Waals surface area contributed by atoms with Gasteiger partial charge in [0.1, 0.15) is 11.4 Å². The lowest BCUT2D eigenvalue weighted by Crippen LogP contribution is -2.46. The molecule has 1 N–H and O–H groups in total. The minimum Gasteiger partial charge on any atom is -0.508 e. The van der Waals surface area contributed by atoms with Crippen molar-refractivity contribution in [2.24, 2.45) is 0 Å². The number of amides is 1. The highest BCUT2D eigenvalue weighted by Gasteiger charge is 2.32. The van der Waals surface area contributed by atoms with Gasteiger partial charge in [-0.3, -0.25) is 0 Å². The number of carbonyl (C=O) groups is 1. The molecule has 1 fully saturated rings. The molecule has 116 valence electrons. The zero-order chi connectivity index (χ0) is 15.6. The number of phenols is 1. The fourth-order valence-electron chi connectivity index (χ4n) is 2.81. The normalized spacial score (nSPS) is 23.0. The first-order valence-electron chi connectivity index (χ1n) is 7.55. The molecule has 4 heteroatoms. The summed E-state index contributed by atoms with van der Waals surface area (Å²) in [6.45, 7) is 8.44. The fourth-order valence-corrected chi connectivity index (χ4v) is 2.81. The second kappa shape index (κ2) is 5.96. The number of benzene rings is 1. The number of ether oxygens (including phenoxy) is 1. The predicted octanol–water partition coefficient (Wildman–Crippen LogP) is 3.90. The van der Waals surface area contributed by atoms with Gasteiger partial charge in [0.05, 0.1) is 0 Å². The summed E-state index contributed by atoms with van der Waals surface area (Å²) >= 11 is 0. The van der Waals surface area contributed by atoms with Crippen LogP contribution in [0.5, 0.6) is 5.75 Å². The number of carbonyl (C=O) groups excluding carboxylic acids is 1. The second-order valence-electron chi connectivity index (χ2n) is 6.84. The molecular weight excluding hydrogens is 266 g/mol. The first-order chi connectivity index (χ1) is 9.76. The lowest BCUT2D eigenvalue weighted by molar-refractivity contribution is 0.0103. The molecule has 2 atom stereocenters. The van der Waals surface area contributed by atoms with Gasteiger partial charge in [0, 0.05) is 12.6 Å². The molecule has 0 radical (unpaired) electrons. The third-order valence-corrected chi connectivity index (χ3v) is 3.87. The van der Waals surface area contributed by atoms with Crippen molar-refractivity contribution in [3.05, 3.63) is 29.8 Å². The average Bonchev–Trinajstić information content (AvgIpc) is 2.37. The summed E-state index contributed by atoms with van der Waals surface area (Å²) < 4.78 is 5.46. The van der Waals surface area contributed by atoms with Crippen molar-refractivity contribution in [1.82, 2.24) is 4.90 Å². The van der Waals surface area contributed by atoms with E-state index in [1.54, 1.807) is 12.1 Å². The van der Waals surface area contributed by atoms with Crippen LogP contribution >= 0.6 is 0 Å². The van der Waals surface area contributed by atoms with Gasteiger partial charge in [-0.25, -0.2) is 4.79 Å². The van der Waals surface area contributed by atoms with Crippen LogP contribution in [0.25, 0.3) is 0 Å². The van der Waals surface area contributed by atoms with Gasteiger partial charge in [-0.2, -0.15) is 0 Å². The highest BCUT2D eigenvalue weighted by atomic mass is 16.6. The molecule has 1 aromatic rings. The Bertz CT molecular complexity index is 490. The Kier molecular flexibility index (Phi) is 4.45. The van der Waals surface area contributed by atoms with Gasteiger partial charge in [0.2, 0.25) is 0 Å². The second-order valence-corrected chi connectivity index (χ2v) is 6.84. The summed E-state index contributed by atoms with van der Waals surface area (Å²) in [5.41, 5.74) is 0.772. The van der Waals surface area contributed by atoms with Crippen molar-refractivity contribution < 1.29 is 14.6 Å². The Balaban J connectivity index is 1.99. The van der Waals surface area contributed by atoms with Crippen molar-refractivity contribution >= 4 is 6.09 Å². The van der Waals surface area contributed by atoms with E-state index in [0.29, 0.717) is 12.5 Å². The van der Waals surface area contributed by atoms with Gasteiger partial charge >= 0.3 is 6.09 Å². The highest BCUT2D eigenvalue weighted by molar-refractivity contribution is 5.68. The molecule has 0 unspecified atom stereocenters. The van der Waals surface area contributed by atoms with Gasteiger partial charge in [-0.15, -0.1) is 0 Å². The van der Waals surface area contributed by atoms with E-state index >= 15 is 0 Å². The molecule has 0 bridgehead atoms. The van der Waals surface area contributed by atoms with E-state index in [-0.39, 0.29) is 17.9 Å². The molecular formula is C17H25NO3. The first-order valence-corrected chi connectivity index (χ1v) is 7.55. The molecule has 0 aliphatic carbocycles. The standard InChI is InChI=1S/C17H25NO3/c1-12-11-14(13-5-7-15(19)8-6-13)9-10-18(12)16(20)21-17(2,3)4/h5-8,12,14,19H,9-11H2,1-4H3/t12-,14+/m0/s1. The molecule has 0 saturated carbocycles. The number of hydrogen-bond donors (Lipinski definition) is 1. The van der Waals surface area contributed by atoms with E-state index < -0.39 is 5.60 Å². The van der Waals surface area contributed by atoms with Gasteiger partial charge in [-0.05, 0) is 64.2 Å². The molecule has 21 heavy (non-hydrogen) atoms. The number of likely N-dealkylation sites (tertiary alicyclic amines) is 1. The van der Waals surface area contributed by atoms with Crippen LogP contribution in [0.1, 0.15) is 52.0 Å². The van der Waals surface area contributed by atoms with Crippen molar-refractivity contribution in [2.45, 2.75) is 58.1 Å². The zero-order valence-corrected chi connectivity index (χ0v) is 13.3. The van der Waals surface area contributed by atoms with E-state index in [4.69, 9.17) is 4.74 Å². The summed E-state index contributed by atoms with van der Waals surface area (Å²) in [7, 11) is 0. The van der Waals surface area contributed by atoms with Crippen molar-refractivity contribution in [1.29, 1.82) is 0 Å². The molecule has 1 heterocycles. The number of rotatable bonds is 1. The summed E-state index contributed by atoms with van der Waals surface area (Å²) in [5, 5.41) is 9.36. The van der Waals surface area contributed by atoms with Crippen molar-refractivity contribution in [2.75, 3.05) is 6.54 Å². The van der Waals surface area contributed by atoms with Gasteiger partial charge < -0.3 is 14.7 Å². The first kappa shape index (κ1) is 15.7. The zero-order valence-electron chi connectivity index (χ0n) is 13.3. The summed E-state index contributed by atoms with van der Waals surface area (Å²) in [6, 6.07) is 7.54. The lowest BCUT2D eigenvalue weighted by Gasteiger charge is -2.38. The fraction of sp³-hybridized carbons (Fsp3) is 0.588. The van der Waals surface area contributed by atoms with E-state index in [1.807, 2.05) is 37.8 Å². The Labute approximate surface area is 126 Å². The minimum atomic E-state index is -0.454. The topological polar surface area (TPSA) is 49.8 Å². The molecule has 4 nitrogen and oxygen atoms in total. The average molecular weight is 291 g/mol. The van der Waals surface area contributed by atoms with Crippen LogP contribution in [0.3, 0.4) is 0 Å². The van der Waals surface area contributed by atoms with Gasteiger partial charge in [-0.1, -0.05) is 12.1 Å². The van der Waals surface area contributed by atoms with Crippen molar-refractivity contribution in [3.8, 4) is 5.75 Å². The van der Waals surface area contributed by atoms with Crippen LogP contribution in [-0.4, -0.2) is 34.3 Å². The van der Waals surface area contributed by atoms with Crippen LogP contribution in [-0.2, 0) is 4.74 Å². The maximum absolute atomic E-state index is 12.2. The molecule has 1 aromatic carbocycles. The monoisotopic (exact) mass is 291 g/mol. The SMILES string of the molecule is C[C@H]1C[C@H](c2ccc(O)cc2)CCN1C(=O)OC(C)(C)C. The van der Waals surface area contributed by atoms with Crippen LogP contribution in [0.2, 0.25) is 0 Å². The molecule has 1 amide bonds. The van der Waals surface area contributed by atoms with Crippen LogP contribution in [0, 0.1) is 0 Å². The Morgan fingerprint density at radius 1 is 1.29 bits per heavy atom. The summed E-state index contributed by atoms with van der Waals surface area (Å²) in [6.07, 6.45) is 1.62. The molecule has 1 saturated heterocycles. The van der Waals surface area contributed by atoms with Crippen molar-refractivity contribution in [3.63, 3.8) is 0 Å². The third kappa shape index (κ3) is 4.13. The number of piperidine rings is 1. The van der Waals surface area contributed by atoms with Crippen LogP contribution < -0.4 is 0 Å². The van der Waals surface area contributed by atoms with Crippen LogP contribution in [0.4, 0.5) is 4.79 Å². The number of hydrogen-bond acceptors (Lipinski definition) is 3. The highest BCUT2D eigenvalue weighted by Crippen LogP contribution is 2.32. The smallest absolute Gasteiger partial charge is 0.410 e. The quantitative estimate of drug-likeness (QED) is 0.854. The van der Waals surface area contributed by atoms with E-state index in [0.717, 1.165) is 12.8 Å². The lowest BCUT2D eigenvalue weighted by atomic mass is 9.86. The Hall–Kier alpha value is -1.71. The van der Waals surface area contributed by atoms with E-state index in [2.05, 4.69) is 6.92 Å². The van der Waals surface area contributed by atoms with Gasteiger partial charge in [0.15, 0.2) is 0 Å². The van der Waals surface area contributed by atoms with Gasteiger partial charge in [0.25, 0.3) is 0 Å². The number of aromatic hydroxyl groups is 1. The maximum atomic E-state index is 12.2. The number of nitrogens with zero attached hydrogens (tertiary/aromatic N) is 1. The molecule has 0 aromatic heterocycles. The molecule has 0 spiro atoms.